The van der Waals surface area contributed by atoms with Crippen molar-refractivity contribution in [3.63, 3.8) is 0 Å². The molecule has 0 unspecified atom stereocenters. The first-order valence-electron chi connectivity index (χ1n) is 9.22. The van der Waals surface area contributed by atoms with Crippen molar-refractivity contribution >= 4 is 33.5 Å². The fourth-order valence-corrected chi connectivity index (χ4v) is 4.14. The Hall–Kier alpha value is -1.49. The summed E-state index contributed by atoms with van der Waals surface area (Å²) in [7, 11) is 1.69. The van der Waals surface area contributed by atoms with Gasteiger partial charge in [0.05, 0.1) is 26.4 Å². The highest BCUT2D eigenvalue weighted by atomic mass is 127. The third-order valence-electron chi connectivity index (χ3n) is 4.91. The molecule has 1 fully saturated rings. The molecule has 0 saturated carbocycles. The fraction of sp³-hybridized carbons (Fsp3) is 0.474. The van der Waals surface area contributed by atoms with Crippen LogP contribution in [0.5, 0.6) is 0 Å². The maximum Gasteiger partial charge on any atom is 0.181 e. The summed E-state index contributed by atoms with van der Waals surface area (Å²) >= 11 is 2.42. The zero-order chi connectivity index (χ0) is 18.6. The monoisotopic (exact) mass is 481 g/mol. The Morgan fingerprint density at radius 1 is 1.19 bits per heavy atom. The van der Waals surface area contributed by atoms with Crippen LogP contribution in [-0.2, 0) is 22.6 Å². The van der Waals surface area contributed by atoms with Crippen molar-refractivity contribution in [3.8, 4) is 11.4 Å². The van der Waals surface area contributed by atoms with Gasteiger partial charge in [0.15, 0.2) is 5.82 Å². The summed E-state index contributed by atoms with van der Waals surface area (Å²) < 4.78 is 16.0. The van der Waals surface area contributed by atoms with Gasteiger partial charge in [0.1, 0.15) is 6.33 Å². The first kappa shape index (κ1) is 18.9. The molecule has 0 amide bonds. The number of hydrogen-bond acceptors (Lipinski definition) is 5. The number of halogens is 1. The zero-order valence-electron chi connectivity index (χ0n) is 15.5. The number of morpholine rings is 1. The second-order valence-electron chi connectivity index (χ2n) is 6.68. The summed E-state index contributed by atoms with van der Waals surface area (Å²) in [6.45, 7) is 7.12. The Kier molecular flexibility index (Phi) is 6.06. The first-order chi connectivity index (χ1) is 13.2. The van der Waals surface area contributed by atoms with E-state index in [2.05, 4.69) is 66.5 Å². The van der Waals surface area contributed by atoms with Gasteiger partial charge in [0, 0.05) is 59.5 Å². The van der Waals surface area contributed by atoms with E-state index in [0.717, 1.165) is 50.8 Å². The molecule has 1 aliphatic rings. The summed E-state index contributed by atoms with van der Waals surface area (Å²) in [5, 5.41) is 5.81. The van der Waals surface area contributed by atoms with Gasteiger partial charge in [0.2, 0.25) is 0 Å². The number of nitrogens with zero attached hydrogens (tertiary/aromatic N) is 5. The van der Waals surface area contributed by atoms with Crippen molar-refractivity contribution in [2.45, 2.75) is 13.1 Å². The average Bonchev–Trinajstić information content (AvgIpc) is 3.30. The Bertz CT molecular complexity index is 901. The van der Waals surface area contributed by atoms with Crippen molar-refractivity contribution in [2.75, 3.05) is 46.6 Å². The number of rotatable bonds is 7. The Balaban J connectivity index is 1.52. The van der Waals surface area contributed by atoms with Gasteiger partial charge in [-0.1, -0.05) is 0 Å². The molecule has 0 N–H and O–H groups in total. The van der Waals surface area contributed by atoms with Gasteiger partial charge in [-0.05, 0) is 40.8 Å². The molecule has 3 heterocycles. The van der Waals surface area contributed by atoms with Crippen molar-refractivity contribution in [1.29, 1.82) is 0 Å². The normalized spacial score (nSPS) is 15.6. The van der Waals surface area contributed by atoms with Gasteiger partial charge in [0.25, 0.3) is 0 Å². The van der Waals surface area contributed by atoms with Crippen LogP contribution < -0.4 is 0 Å². The van der Waals surface area contributed by atoms with Gasteiger partial charge in [-0.25, -0.2) is 4.98 Å². The van der Waals surface area contributed by atoms with Crippen LogP contribution in [-0.4, -0.2) is 70.8 Å². The van der Waals surface area contributed by atoms with Crippen molar-refractivity contribution in [1.82, 2.24) is 24.2 Å². The van der Waals surface area contributed by atoms with E-state index < -0.39 is 0 Å². The molecular formula is C19H24IN5O2. The first-order valence-corrected chi connectivity index (χ1v) is 10.3. The van der Waals surface area contributed by atoms with Crippen molar-refractivity contribution in [2.24, 2.45) is 0 Å². The van der Waals surface area contributed by atoms with E-state index in [1.165, 1.54) is 14.5 Å². The average molecular weight is 481 g/mol. The number of hydrogen-bond donors (Lipinski definition) is 0. The van der Waals surface area contributed by atoms with E-state index in [-0.39, 0.29) is 0 Å². The summed E-state index contributed by atoms with van der Waals surface area (Å²) in [5.74, 6) is 0.755. The highest BCUT2D eigenvalue weighted by molar-refractivity contribution is 14.1. The Morgan fingerprint density at radius 3 is 2.85 bits per heavy atom. The molecule has 27 heavy (non-hydrogen) atoms. The molecular weight excluding hydrogens is 457 g/mol. The van der Waals surface area contributed by atoms with E-state index in [9.17, 15) is 0 Å². The number of fused-ring (bicyclic) bond motifs is 1. The number of ether oxygens (including phenoxy) is 2. The molecule has 1 aliphatic heterocycles. The predicted molar refractivity (Wildman–Crippen MR) is 113 cm³/mol. The third-order valence-corrected chi connectivity index (χ3v) is 5.77. The minimum atomic E-state index is 0.631. The quantitative estimate of drug-likeness (QED) is 0.486. The van der Waals surface area contributed by atoms with Crippen LogP contribution in [0.15, 0.2) is 30.7 Å². The molecule has 1 aromatic carbocycles. The van der Waals surface area contributed by atoms with Crippen LogP contribution in [0.4, 0.5) is 0 Å². The number of aromatic nitrogens is 4. The molecule has 0 spiro atoms. The van der Waals surface area contributed by atoms with Crippen LogP contribution in [0.2, 0.25) is 0 Å². The maximum atomic E-state index is 5.43. The number of methoxy groups -OCH3 is 1. The fourth-order valence-electron chi connectivity index (χ4n) is 3.37. The van der Waals surface area contributed by atoms with E-state index in [1.54, 1.807) is 13.4 Å². The van der Waals surface area contributed by atoms with Gasteiger partial charge in [-0.3, -0.25) is 9.58 Å². The second kappa shape index (κ2) is 8.68. The third kappa shape index (κ3) is 4.34. The molecule has 7 nitrogen and oxygen atoms in total. The molecule has 1 saturated heterocycles. The highest BCUT2D eigenvalue weighted by Gasteiger charge is 2.13. The number of benzene rings is 1. The molecule has 4 rings (SSSR count). The van der Waals surface area contributed by atoms with Crippen LogP contribution in [0, 0.1) is 3.57 Å². The molecule has 0 bridgehead atoms. The second-order valence-corrected chi connectivity index (χ2v) is 7.84. The Morgan fingerprint density at radius 2 is 2.04 bits per heavy atom. The minimum absolute atomic E-state index is 0.631. The largest absolute Gasteiger partial charge is 0.383 e. The van der Waals surface area contributed by atoms with E-state index >= 15 is 0 Å². The molecule has 3 aromatic rings. The van der Waals surface area contributed by atoms with Crippen LogP contribution in [0.3, 0.4) is 0 Å². The van der Waals surface area contributed by atoms with Gasteiger partial charge in [-0.15, -0.1) is 0 Å². The van der Waals surface area contributed by atoms with E-state index in [1.807, 2.05) is 4.68 Å². The minimum Gasteiger partial charge on any atom is -0.383 e. The van der Waals surface area contributed by atoms with Crippen LogP contribution in [0.1, 0.15) is 0 Å². The standard InChI is InChI=1S/C19H24IN5O2/c1-26-9-8-25-14-21-19(22-25)15-2-3-18-16(12-15)17(20)13-24(18)5-4-23-6-10-27-11-7-23/h2-3,12-14H,4-11H2,1H3. The molecule has 0 atom stereocenters. The van der Waals surface area contributed by atoms with Crippen LogP contribution in [0.25, 0.3) is 22.3 Å². The molecule has 0 aliphatic carbocycles. The topological polar surface area (TPSA) is 57.3 Å². The molecule has 0 radical (unpaired) electrons. The van der Waals surface area contributed by atoms with E-state index in [4.69, 9.17) is 9.47 Å². The summed E-state index contributed by atoms with van der Waals surface area (Å²) in [6, 6.07) is 6.49. The summed E-state index contributed by atoms with van der Waals surface area (Å²) in [5.41, 5.74) is 2.30. The predicted octanol–water partition coefficient (Wildman–Crippen LogP) is 2.48. The summed E-state index contributed by atoms with van der Waals surface area (Å²) in [6.07, 6.45) is 4.00. The SMILES string of the molecule is COCCn1cnc(-c2ccc3c(c2)c(I)cn3CCN2CCOCC2)n1. The lowest BCUT2D eigenvalue weighted by atomic mass is 10.1. The van der Waals surface area contributed by atoms with Crippen LogP contribution >= 0.6 is 22.6 Å². The van der Waals surface area contributed by atoms with Gasteiger partial charge < -0.3 is 14.0 Å². The van der Waals surface area contributed by atoms with Gasteiger partial charge >= 0.3 is 0 Å². The maximum absolute atomic E-state index is 5.43. The lowest BCUT2D eigenvalue weighted by molar-refractivity contribution is 0.0365. The van der Waals surface area contributed by atoms with Crippen molar-refractivity contribution in [3.05, 3.63) is 34.3 Å². The molecule has 2 aromatic heterocycles. The molecule has 144 valence electrons. The van der Waals surface area contributed by atoms with Crippen molar-refractivity contribution < 1.29 is 9.47 Å². The molecule has 8 heteroatoms. The van der Waals surface area contributed by atoms with E-state index in [0.29, 0.717) is 13.2 Å². The lowest BCUT2D eigenvalue weighted by Crippen LogP contribution is -2.38. The smallest absolute Gasteiger partial charge is 0.181 e. The highest BCUT2D eigenvalue weighted by Crippen LogP contribution is 2.27. The zero-order valence-corrected chi connectivity index (χ0v) is 17.6. The Labute approximate surface area is 172 Å². The summed E-state index contributed by atoms with van der Waals surface area (Å²) in [4.78, 5) is 6.91. The van der Waals surface area contributed by atoms with Gasteiger partial charge in [-0.2, -0.15) is 5.10 Å². The lowest BCUT2D eigenvalue weighted by Gasteiger charge is -2.26.